The molecule has 122 valence electrons. The third-order valence-corrected chi connectivity index (χ3v) is 3.98. The molecule has 1 heterocycles. The summed E-state index contributed by atoms with van der Waals surface area (Å²) in [6, 6.07) is 14.4. The molecule has 0 aliphatic heterocycles. The molecule has 6 heteroatoms. The first-order chi connectivity index (χ1) is 11.5. The Bertz CT molecular complexity index is 915. The highest BCUT2D eigenvalue weighted by Gasteiger charge is 2.18. The first-order valence-electron chi connectivity index (χ1n) is 7.49. The van der Waals surface area contributed by atoms with Crippen molar-refractivity contribution in [2.45, 2.75) is 0 Å². The molecule has 0 aliphatic rings. The van der Waals surface area contributed by atoms with Gasteiger partial charge in [0.05, 0.1) is 5.56 Å². The average Bonchev–Trinajstić information content (AvgIpc) is 2.95. The second kappa shape index (κ2) is 6.08. The lowest BCUT2D eigenvalue weighted by Gasteiger charge is -2.17. The molecule has 6 nitrogen and oxygen atoms in total. The first kappa shape index (κ1) is 15.6. The predicted octanol–water partition coefficient (Wildman–Crippen LogP) is 2.39. The van der Waals surface area contributed by atoms with Crippen molar-refractivity contribution in [1.29, 1.82) is 0 Å². The molecule has 1 aromatic heterocycles. The maximum absolute atomic E-state index is 12.5. The van der Waals surface area contributed by atoms with Gasteiger partial charge in [-0.2, -0.15) is 0 Å². The summed E-state index contributed by atoms with van der Waals surface area (Å²) in [5, 5.41) is 3.29. The standard InChI is InChI=1S/C18H18N4O2/c1-20-17(23)15-13-9-8-12(10-14(13)21-16(15)19)22(2)18(24)11-6-4-3-5-7-11/h3-10,21H,19H2,1-2H3,(H,20,23). The van der Waals surface area contributed by atoms with Crippen molar-refractivity contribution in [3.05, 3.63) is 59.7 Å². The van der Waals surface area contributed by atoms with E-state index in [1.54, 1.807) is 49.3 Å². The van der Waals surface area contributed by atoms with Gasteiger partial charge < -0.3 is 20.9 Å². The van der Waals surface area contributed by atoms with Crippen molar-refractivity contribution in [3.63, 3.8) is 0 Å². The molecule has 2 amide bonds. The van der Waals surface area contributed by atoms with Crippen LogP contribution in [-0.2, 0) is 0 Å². The number of amides is 2. The van der Waals surface area contributed by atoms with Crippen LogP contribution >= 0.6 is 0 Å². The molecule has 4 N–H and O–H groups in total. The lowest BCUT2D eigenvalue weighted by Crippen LogP contribution is -2.26. The van der Waals surface area contributed by atoms with Gasteiger partial charge in [0, 0.05) is 36.2 Å². The molecular weight excluding hydrogens is 304 g/mol. The number of hydrogen-bond acceptors (Lipinski definition) is 3. The van der Waals surface area contributed by atoms with Gasteiger partial charge in [-0.1, -0.05) is 18.2 Å². The Labute approximate surface area is 139 Å². The lowest BCUT2D eigenvalue weighted by atomic mass is 10.1. The zero-order chi connectivity index (χ0) is 17.3. The molecule has 0 unspecified atom stereocenters. The van der Waals surface area contributed by atoms with Crippen molar-refractivity contribution in [3.8, 4) is 0 Å². The molecule has 0 saturated carbocycles. The highest BCUT2D eigenvalue weighted by Crippen LogP contribution is 2.28. The van der Waals surface area contributed by atoms with Crippen LogP contribution in [0.5, 0.6) is 0 Å². The number of nitrogens with one attached hydrogen (secondary N) is 2. The van der Waals surface area contributed by atoms with Crippen molar-refractivity contribution >= 4 is 34.2 Å². The van der Waals surface area contributed by atoms with E-state index in [0.717, 1.165) is 5.39 Å². The summed E-state index contributed by atoms with van der Waals surface area (Å²) in [5.41, 5.74) is 8.35. The number of carbonyl (C=O) groups is 2. The van der Waals surface area contributed by atoms with Crippen LogP contribution in [0.25, 0.3) is 10.9 Å². The van der Waals surface area contributed by atoms with Crippen LogP contribution in [0.1, 0.15) is 20.7 Å². The monoisotopic (exact) mass is 322 g/mol. The number of benzene rings is 2. The van der Waals surface area contributed by atoms with E-state index in [4.69, 9.17) is 5.73 Å². The fraction of sp³-hybridized carbons (Fsp3) is 0.111. The lowest BCUT2D eigenvalue weighted by molar-refractivity contribution is 0.0963. The summed E-state index contributed by atoms with van der Waals surface area (Å²) in [4.78, 5) is 29.0. The maximum atomic E-state index is 12.5. The normalized spacial score (nSPS) is 10.6. The summed E-state index contributed by atoms with van der Waals surface area (Å²) < 4.78 is 0. The van der Waals surface area contributed by atoms with Crippen LogP contribution in [0.3, 0.4) is 0 Å². The van der Waals surface area contributed by atoms with Crippen molar-refractivity contribution in [2.75, 3.05) is 24.7 Å². The minimum atomic E-state index is -0.250. The first-order valence-corrected chi connectivity index (χ1v) is 7.49. The number of anilines is 2. The van der Waals surface area contributed by atoms with Crippen LogP contribution in [0.15, 0.2) is 48.5 Å². The third-order valence-electron chi connectivity index (χ3n) is 3.98. The highest BCUT2D eigenvalue weighted by molar-refractivity contribution is 6.12. The van der Waals surface area contributed by atoms with Crippen molar-refractivity contribution in [1.82, 2.24) is 10.3 Å². The van der Waals surface area contributed by atoms with Crippen molar-refractivity contribution in [2.24, 2.45) is 0 Å². The number of aromatic nitrogens is 1. The molecule has 0 spiro atoms. The van der Waals surface area contributed by atoms with Crippen molar-refractivity contribution < 1.29 is 9.59 Å². The van der Waals surface area contributed by atoms with Crippen LogP contribution in [0.2, 0.25) is 0 Å². The summed E-state index contributed by atoms with van der Waals surface area (Å²) >= 11 is 0. The Morgan fingerprint density at radius 3 is 2.50 bits per heavy atom. The van der Waals surface area contributed by atoms with E-state index in [-0.39, 0.29) is 11.8 Å². The van der Waals surface area contributed by atoms with Gasteiger partial charge >= 0.3 is 0 Å². The molecule has 0 fully saturated rings. The van der Waals surface area contributed by atoms with Crippen LogP contribution in [0.4, 0.5) is 11.5 Å². The van der Waals surface area contributed by atoms with E-state index in [9.17, 15) is 9.59 Å². The number of carbonyl (C=O) groups excluding carboxylic acids is 2. The fourth-order valence-electron chi connectivity index (χ4n) is 2.68. The molecule has 2 aromatic carbocycles. The summed E-state index contributed by atoms with van der Waals surface area (Å²) in [6.07, 6.45) is 0. The molecule has 0 aliphatic carbocycles. The Morgan fingerprint density at radius 1 is 1.12 bits per heavy atom. The molecule has 0 radical (unpaired) electrons. The molecule has 3 aromatic rings. The van der Waals surface area contributed by atoms with Crippen LogP contribution < -0.4 is 16.0 Å². The number of nitrogens with zero attached hydrogens (tertiary/aromatic N) is 1. The van der Waals surface area contributed by atoms with E-state index in [0.29, 0.717) is 28.1 Å². The van der Waals surface area contributed by atoms with Gasteiger partial charge in [0.15, 0.2) is 0 Å². The van der Waals surface area contributed by atoms with E-state index in [1.165, 1.54) is 0 Å². The van der Waals surface area contributed by atoms with Gasteiger partial charge in [0.25, 0.3) is 11.8 Å². The van der Waals surface area contributed by atoms with E-state index < -0.39 is 0 Å². The largest absolute Gasteiger partial charge is 0.385 e. The Kier molecular flexibility index (Phi) is 3.95. The minimum absolute atomic E-state index is 0.110. The molecule has 0 saturated heterocycles. The van der Waals surface area contributed by atoms with Crippen LogP contribution in [-0.4, -0.2) is 30.9 Å². The number of rotatable bonds is 3. The summed E-state index contributed by atoms with van der Waals surface area (Å²) in [6.45, 7) is 0. The van der Waals surface area contributed by atoms with Gasteiger partial charge in [-0.15, -0.1) is 0 Å². The second-order valence-corrected chi connectivity index (χ2v) is 5.45. The smallest absolute Gasteiger partial charge is 0.258 e. The minimum Gasteiger partial charge on any atom is -0.385 e. The number of hydrogen-bond donors (Lipinski definition) is 3. The maximum Gasteiger partial charge on any atom is 0.258 e. The highest BCUT2D eigenvalue weighted by atomic mass is 16.2. The summed E-state index contributed by atoms with van der Waals surface area (Å²) in [5.74, 6) is -0.0558. The fourth-order valence-corrected chi connectivity index (χ4v) is 2.68. The average molecular weight is 322 g/mol. The number of aromatic amines is 1. The van der Waals surface area contributed by atoms with E-state index >= 15 is 0 Å². The zero-order valence-corrected chi connectivity index (χ0v) is 13.5. The number of H-pyrrole nitrogens is 1. The van der Waals surface area contributed by atoms with E-state index in [2.05, 4.69) is 10.3 Å². The quantitative estimate of drug-likeness (QED) is 0.691. The number of nitrogen functional groups attached to an aromatic ring is 1. The molecule has 0 bridgehead atoms. The van der Waals surface area contributed by atoms with Gasteiger partial charge in [-0.25, -0.2) is 0 Å². The predicted molar refractivity (Wildman–Crippen MR) is 95.3 cm³/mol. The number of nitrogens with two attached hydrogens (primary N) is 1. The Balaban J connectivity index is 1.99. The van der Waals surface area contributed by atoms with Crippen LogP contribution in [0, 0.1) is 0 Å². The van der Waals surface area contributed by atoms with Gasteiger partial charge in [0.2, 0.25) is 0 Å². The molecule has 24 heavy (non-hydrogen) atoms. The third kappa shape index (κ3) is 2.58. The Hall–Kier alpha value is -3.28. The number of fused-ring (bicyclic) bond motifs is 1. The molecular formula is C18H18N4O2. The van der Waals surface area contributed by atoms with Gasteiger partial charge in [-0.05, 0) is 30.3 Å². The SMILES string of the molecule is CNC(=O)c1c(N)[nH]c2cc(N(C)C(=O)c3ccccc3)ccc12. The summed E-state index contributed by atoms with van der Waals surface area (Å²) in [7, 11) is 3.27. The van der Waals surface area contributed by atoms with Gasteiger partial charge in [-0.3, -0.25) is 9.59 Å². The molecule has 0 atom stereocenters. The second-order valence-electron chi connectivity index (χ2n) is 5.45. The Morgan fingerprint density at radius 2 is 1.83 bits per heavy atom. The van der Waals surface area contributed by atoms with Gasteiger partial charge in [0.1, 0.15) is 5.82 Å². The zero-order valence-electron chi connectivity index (χ0n) is 13.5. The molecule has 3 rings (SSSR count). The van der Waals surface area contributed by atoms with E-state index in [1.807, 2.05) is 18.2 Å². The topological polar surface area (TPSA) is 91.2 Å².